The van der Waals surface area contributed by atoms with Crippen molar-refractivity contribution >= 4 is 11.8 Å². The van der Waals surface area contributed by atoms with Crippen molar-refractivity contribution in [1.82, 2.24) is 15.1 Å². The number of nitrogens with zero attached hydrogens (tertiary/aromatic N) is 2. The molecule has 122 valence electrons. The van der Waals surface area contributed by atoms with Gasteiger partial charge in [0.2, 0.25) is 11.8 Å². The Morgan fingerprint density at radius 1 is 1.45 bits per heavy atom. The Morgan fingerprint density at radius 2 is 2.23 bits per heavy atom. The molecule has 2 amide bonds. The molecule has 0 bridgehead atoms. The topological polar surface area (TPSA) is 65.8 Å². The normalized spacial score (nSPS) is 18.3. The van der Waals surface area contributed by atoms with E-state index in [0.717, 1.165) is 24.5 Å². The van der Waals surface area contributed by atoms with Crippen molar-refractivity contribution in [3.05, 3.63) is 23.7 Å². The molecule has 2 rings (SSSR count). The van der Waals surface area contributed by atoms with Gasteiger partial charge >= 0.3 is 0 Å². The van der Waals surface area contributed by atoms with Gasteiger partial charge in [-0.3, -0.25) is 9.59 Å². The van der Waals surface area contributed by atoms with Gasteiger partial charge in [0.05, 0.1) is 6.54 Å². The number of likely N-dealkylation sites (tertiary alicyclic amines) is 1. The summed E-state index contributed by atoms with van der Waals surface area (Å²) < 4.78 is 5.52. The number of aryl methyl sites for hydroxylation is 1. The fourth-order valence-corrected chi connectivity index (χ4v) is 2.67. The van der Waals surface area contributed by atoms with E-state index in [9.17, 15) is 9.59 Å². The maximum absolute atomic E-state index is 12.3. The number of carbonyl (C=O) groups is 2. The summed E-state index contributed by atoms with van der Waals surface area (Å²) in [6.45, 7) is 3.79. The third kappa shape index (κ3) is 4.34. The average molecular weight is 307 g/mol. The van der Waals surface area contributed by atoms with Crippen LogP contribution < -0.4 is 5.32 Å². The maximum Gasteiger partial charge on any atom is 0.242 e. The molecule has 0 spiro atoms. The lowest BCUT2D eigenvalue weighted by molar-refractivity contribution is -0.136. The number of furan rings is 1. The monoisotopic (exact) mass is 307 g/mol. The molecule has 6 heteroatoms. The third-order valence-electron chi connectivity index (χ3n) is 3.83. The van der Waals surface area contributed by atoms with E-state index in [1.54, 1.807) is 4.90 Å². The first-order valence-corrected chi connectivity index (χ1v) is 7.74. The lowest BCUT2D eigenvalue weighted by Crippen LogP contribution is -2.44. The Hall–Kier alpha value is -1.82. The van der Waals surface area contributed by atoms with E-state index in [0.29, 0.717) is 25.9 Å². The molecule has 0 aromatic carbocycles. The molecule has 0 unspecified atom stereocenters. The zero-order valence-electron chi connectivity index (χ0n) is 13.6. The molecule has 1 N–H and O–H groups in total. The zero-order valence-corrected chi connectivity index (χ0v) is 13.6. The van der Waals surface area contributed by atoms with Gasteiger partial charge in [0.25, 0.3) is 0 Å². The van der Waals surface area contributed by atoms with E-state index in [4.69, 9.17) is 4.42 Å². The highest BCUT2D eigenvalue weighted by Gasteiger charge is 2.36. The van der Waals surface area contributed by atoms with Crippen molar-refractivity contribution in [1.29, 1.82) is 0 Å². The highest BCUT2D eigenvalue weighted by Crippen LogP contribution is 2.22. The Kier molecular flexibility index (Phi) is 5.60. The zero-order chi connectivity index (χ0) is 16.1. The van der Waals surface area contributed by atoms with Crippen molar-refractivity contribution in [2.75, 3.05) is 27.2 Å². The average Bonchev–Trinajstić information content (AvgIpc) is 3.02. The van der Waals surface area contributed by atoms with Crippen LogP contribution in [-0.4, -0.2) is 54.8 Å². The molecule has 0 radical (unpaired) electrons. The Bertz CT molecular complexity index is 524. The first kappa shape index (κ1) is 16.5. The van der Waals surface area contributed by atoms with E-state index >= 15 is 0 Å². The van der Waals surface area contributed by atoms with Crippen LogP contribution in [-0.2, 0) is 16.1 Å². The molecule has 1 atom stereocenters. The van der Waals surface area contributed by atoms with Crippen LogP contribution in [0.4, 0.5) is 0 Å². The van der Waals surface area contributed by atoms with Gasteiger partial charge in [0.1, 0.15) is 17.6 Å². The van der Waals surface area contributed by atoms with Crippen molar-refractivity contribution in [3.63, 3.8) is 0 Å². The number of rotatable bonds is 7. The third-order valence-corrected chi connectivity index (χ3v) is 3.83. The molecule has 0 aliphatic carbocycles. The standard InChI is InChI=1S/C16H25N3O3/c1-12-5-6-13(22-12)11-19-14(7-8-15(19)20)16(21)17-9-4-10-18(2)3/h5-6,14H,4,7-11H2,1-3H3,(H,17,21)/t14-/m1/s1. The lowest BCUT2D eigenvalue weighted by atomic mass is 10.2. The summed E-state index contributed by atoms with van der Waals surface area (Å²) in [5.41, 5.74) is 0. The second-order valence-corrected chi connectivity index (χ2v) is 6.04. The van der Waals surface area contributed by atoms with Gasteiger partial charge < -0.3 is 19.5 Å². The van der Waals surface area contributed by atoms with Crippen LogP contribution in [0.5, 0.6) is 0 Å². The summed E-state index contributed by atoms with van der Waals surface area (Å²) in [5, 5.41) is 2.93. The highest BCUT2D eigenvalue weighted by atomic mass is 16.3. The van der Waals surface area contributed by atoms with Crippen LogP contribution in [0.25, 0.3) is 0 Å². The minimum atomic E-state index is -0.378. The predicted molar refractivity (Wildman–Crippen MR) is 83.2 cm³/mol. The number of hydrogen-bond donors (Lipinski definition) is 1. The van der Waals surface area contributed by atoms with Gasteiger partial charge in [-0.2, -0.15) is 0 Å². The van der Waals surface area contributed by atoms with Gasteiger partial charge in [-0.25, -0.2) is 0 Å². The molecule has 1 aromatic rings. The minimum absolute atomic E-state index is 0.0162. The van der Waals surface area contributed by atoms with Crippen LogP contribution in [0, 0.1) is 6.92 Å². The second kappa shape index (κ2) is 7.45. The summed E-state index contributed by atoms with van der Waals surface area (Å²) in [7, 11) is 4.01. The molecule has 0 saturated carbocycles. The van der Waals surface area contributed by atoms with Crippen LogP contribution in [0.3, 0.4) is 0 Å². The molecule has 22 heavy (non-hydrogen) atoms. The molecular formula is C16H25N3O3. The van der Waals surface area contributed by atoms with Gasteiger partial charge in [0, 0.05) is 13.0 Å². The maximum atomic E-state index is 12.3. The van der Waals surface area contributed by atoms with Gasteiger partial charge in [-0.05, 0) is 52.5 Å². The summed E-state index contributed by atoms with van der Waals surface area (Å²) in [6, 6.07) is 3.34. The minimum Gasteiger partial charge on any atom is -0.464 e. The smallest absolute Gasteiger partial charge is 0.242 e. The van der Waals surface area contributed by atoms with Crippen molar-refractivity contribution in [2.45, 2.75) is 38.8 Å². The first-order chi connectivity index (χ1) is 10.5. The molecule has 6 nitrogen and oxygen atoms in total. The van der Waals surface area contributed by atoms with Gasteiger partial charge in [-0.1, -0.05) is 0 Å². The Balaban J connectivity index is 1.88. The molecule has 1 aliphatic heterocycles. The molecule has 1 fully saturated rings. The van der Waals surface area contributed by atoms with E-state index in [1.165, 1.54) is 0 Å². The van der Waals surface area contributed by atoms with Crippen LogP contribution in [0.15, 0.2) is 16.5 Å². The van der Waals surface area contributed by atoms with E-state index in [1.807, 2.05) is 33.2 Å². The largest absolute Gasteiger partial charge is 0.464 e. The molecule has 2 heterocycles. The van der Waals surface area contributed by atoms with E-state index < -0.39 is 0 Å². The summed E-state index contributed by atoms with van der Waals surface area (Å²) in [4.78, 5) is 28.0. The highest BCUT2D eigenvalue weighted by molar-refractivity contribution is 5.90. The Morgan fingerprint density at radius 3 is 2.86 bits per heavy atom. The SMILES string of the molecule is Cc1ccc(CN2C(=O)CC[C@@H]2C(=O)NCCCN(C)C)o1. The van der Waals surface area contributed by atoms with Gasteiger partial charge in [0.15, 0.2) is 0 Å². The number of nitrogens with one attached hydrogen (secondary N) is 1. The molecule has 1 saturated heterocycles. The molecular weight excluding hydrogens is 282 g/mol. The van der Waals surface area contributed by atoms with Crippen LogP contribution in [0.2, 0.25) is 0 Å². The lowest BCUT2D eigenvalue weighted by Gasteiger charge is -2.23. The quantitative estimate of drug-likeness (QED) is 0.767. The predicted octanol–water partition coefficient (Wildman–Crippen LogP) is 1.15. The van der Waals surface area contributed by atoms with Crippen LogP contribution in [0.1, 0.15) is 30.8 Å². The molecule has 1 aliphatic rings. The van der Waals surface area contributed by atoms with Crippen molar-refractivity contribution in [3.8, 4) is 0 Å². The van der Waals surface area contributed by atoms with Crippen molar-refractivity contribution in [2.24, 2.45) is 0 Å². The fraction of sp³-hybridized carbons (Fsp3) is 0.625. The summed E-state index contributed by atoms with van der Waals surface area (Å²) in [6.07, 6.45) is 1.91. The second-order valence-electron chi connectivity index (χ2n) is 6.04. The fourth-order valence-electron chi connectivity index (χ4n) is 2.67. The van der Waals surface area contributed by atoms with E-state index in [2.05, 4.69) is 10.2 Å². The summed E-state index contributed by atoms with van der Waals surface area (Å²) >= 11 is 0. The number of amides is 2. The summed E-state index contributed by atoms with van der Waals surface area (Å²) in [5.74, 6) is 1.49. The molecule has 1 aromatic heterocycles. The van der Waals surface area contributed by atoms with Crippen LogP contribution >= 0.6 is 0 Å². The number of hydrogen-bond acceptors (Lipinski definition) is 4. The van der Waals surface area contributed by atoms with E-state index in [-0.39, 0.29) is 17.9 Å². The Labute approximate surface area is 131 Å². The van der Waals surface area contributed by atoms with Crippen molar-refractivity contribution < 1.29 is 14.0 Å². The number of carbonyl (C=O) groups excluding carboxylic acids is 2. The first-order valence-electron chi connectivity index (χ1n) is 7.74. The van der Waals surface area contributed by atoms with Gasteiger partial charge in [-0.15, -0.1) is 0 Å².